The van der Waals surface area contributed by atoms with Gasteiger partial charge in [-0.25, -0.2) is 9.59 Å². The molecular weight excluding hydrogens is 446 g/mol. The summed E-state index contributed by atoms with van der Waals surface area (Å²) in [6.07, 6.45) is 2.10. The molecule has 0 saturated carbocycles. The van der Waals surface area contributed by atoms with Crippen molar-refractivity contribution in [2.24, 2.45) is 5.92 Å². The predicted molar refractivity (Wildman–Crippen MR) is 134 cm³/mol. The number of hydrogen-bond acceptors (Lipinski definition) is 6. The van der Waals surface area contributed by atoms with Gasteiger partial charge >= 0.3 is 12.1 Å². The second kappa shape index (κ2) is 13.5. The topological polar surface area (TPSA) is 107 Å². The van der Waals surface area contributed by atoms with E-state index in [1.807, 2.05) is 62.4 Å². The number of rotatable bonds is 11. The number of hydrogen-bond donors (Lipinski definition) is 2. The van der Waals surface area contributed by atoms with Gasteiger partial charge in [0, 0.05) is 24.7 Å². The molecule has 2 atom stereocenters. The van der Waals surface area contributed by atoms with E-state index in [-0.39, 0.29) is 18.9 Å². The third kappa shape index (κ3) is 11.0. The number of pyridine rings is 1. The molecule has 0 aliphatic rings. The number of aromatic nitrogens is 1. The standard InChI is InChI=1S/C27H37N3O5/c1-19(2)17-22(30-26(33)34-16-14-21-13-9-10-15-28-21)24(31)29-23(25(32)35-27(3,4)5)18-20-11-7-6-8-12-20/h6-13,15,19,22-23H,14,16-18H2,1-5H3,(H,29,31)(H,30,33)/t22-,23-/m0/s1. The second-order valence-corrected chi connectivity index (χ2v) is 9.82. The molecule has 0 aliphatic carbocycles. The van der Waals surface area contributed by atoms with Crippen LogP contribution in [0.1, 0.15) is 52.3 Å². The Balaban J connectivity index is 2.04. The maximum absolute atomic E-state index is 13.2. The summed E-state index contributed by atoms with van der Waals surface area (Å²) < 4.78 is 10.8. The molecule has 0 radical (unpaired) electrons. The van der Waals surface area contributed by atoms with Gasteiger partial charge in [-0.15, -0.1) is 0 Å². The molecule has 2 rings (SSSR count). The van der Waals surface area contributed by atoms with Crippen LogP contribution in [0.2, 0.25) is 0 Å². The first-order valence-corrected chi connectivity index (χ1v) is 11.9. The summed E-state index contributed by atoms with van der Waals surface area (Å²) in [6, 6.07) is 13.1. The third-order valence-electron chi connectivity index (χ3n) is 4.92. The number of esters is 1. The summed E-state index contributed by atoms with van der Waals surface area (Å²) in [4.78, 5) is 42.7. The van der Waals surface area contributed by atoms with Crippen molar-refractivity contribution >= 4 is 18.0 Å². The first-order valence-electron chi connectivity index (χ1n) is 11.9. The summed E-state index contributed by atoms with van der Waals surface area (Å²) in [5, 5.41) is 5.43. The quantitative estimate of drug-likeness (QED) is 0.471. The highest BCUT2D eigenvalue weighted by molar-refractivity contribution is 5.89. The van der Waals surface area contributed by atoms with Crippen LogP contribution in [0.3, 0.4) is 0 Å². The van der Waals surface area contributed by atoms with Crippen LogP contribution >= 0.6 is 0 Å². The lowest BCUT2D eigenvalue weighted by Gasteiger charge is -2.27. The number of benzene rings is 1. The van der Waals surface area contributed by atoms with Gasteiger partial charge in [-0.05, 0) is 50.8 Å². The Bertz CT molecular complexity index is 942. The molecular formula is C27H37N3O5. The normalized spacial score (nSPS) is 13.0. The van der Waals surface area contributed by atoms with Crippen molar-refractivity contribution in [3.63, 3.8) is 0 Å². The van der Waals surface area contributed by atoms with E-state index in [1.54, 1.807) is 27.0 Å². The van der Waals surface area contributed by atoms with Crippen LogP contribution in [-0.2, 0) is 31.9 Å². The van der Waals surface area contributed by atoms with Gasteiger partial charge in [-0.1, -0.05) is 50.2 Å². The molecule has 0 saturated heterocycles. The number of nitrogens with zero attached hydrogens (tertiary/aromatic N) is 1. The Morgan fingerprint density at radius 2 is 1.63 bits per heavy atom. The number of nitrogens with one attached hydrogen (secondary N) is 2. The summed E-state index contributed by atoms with van der Waals surface area (Å²) >= 11 is 0. The maximum atomic E-state index is 13.2. The van der Waals surface area contributed by atoms with Crippen LogP contribution in [0.5, 0.6) is 0 Å². The Morgan fingerprint density at radius 3 is 2.23 bits per heavy atom. The predicted octanol–water partition coefficient (Wildman–Crippen LogP) is 3.83. The summed E-state index contributed by atoms with van der Waals surface area (Å²) in [7, 11) is 0. The van der Waals surface area contributed by atoms with Crippen molar-refractivity contribution in [3.05, 3.63) is 66.0 Å². The fourth-order valence-corrected chi connectivity index (χ4v) is 3.37. The molecule has 35 heavy (non-hydrogen) atoms. The fourth-order valence-electron chi connectivity index (χ4n) is 3.37. The molecule has 2 amide bonds. The van der Waals surface area contributed by atoms with Crippen molar-refractivity contribution in [2.45, 2.75) is 71.6 Å². The summed E-state index contributed by atoms with van der Waals surface area (Å²) in [6.45, 7) is 9.35. The second-order valence-electron chi connectivity index (χ2n) is 9.82. The van der Waals surface area contributed by atoms with E-state index < -0.39 is 35.7 Å². The largest absolute Gasteiger partial charge is 0.458 e. The molecule has 8 heteroatoms. The Labute approximate surface area is 207 Å². The number of alkyl carbamates (subject to hydrolysis) is 1. The summed E-state index contributed by atoms with van der Waals surface area (Å²) in [5.74, 6) is -0.878. The van der Waals surface area contributed by atoms with E-state index in [4.69, 9.17) is 9.47 Å². The third-order valence-corrected chi connectivity index (χ3v) is 4.92. The van der Waals surface area contributed by atoms with Crippen LogP contribution in [-0.4, -0.2) is 47.2 Å². The minimum Gasteiger partial charge on any atom is -0.458 e. The van der Waals surface area contributed by atoms with E-state index in [0.717, 1.165) is 11.3 Å². The van der Waals surface area contributed by atoms with Crippen LogP contribution in [0, 0.1) is 5.92 Å². The molecule has 1 aromatic carbocycles. The van der Waals surface area contributed by atoms with Crippen LogP contribution < -0.4 is 10.6 Å². The zero-order valence-corrected chi connectivity index (χ0v) is 21.2. The lowest BCUT2D eigenvalue weighted by Crippen LogP contribution is -2.53. The van der Waals surface area contributed by atoms with Gasteiger partial charge in [-0.3, -0.25) is 9.78 Å². The zero-order valence-electron chi connectivity index (χ0n) is 21.2. The van der Waals surface area contributed by atoms with Crippen molar-refractivity contribution in [1.82, 2.24) is 15.6 Å². The van der Waals surface area contributed by atoms with Gasteiger partial charge in [-0.2, -0.15) is 0 Å². The molecule has 8 nitrogen and oxygen atoms in total. The van der Waals surface area contributed by atoms with Crippen LogP contribution in [0.15, 0.2) is 54.7 Å². The van der Waals surface area contributed by atoms with Gasteiger partial charge in [0.2, 0.25) is 5.91 Å². The van der Waals surface area contributed by atoms with Crippen molar-refractivity contribution in [2.75, 3.05) is 6.61 Å². The molecule has 1 heterocycles. The fraction of sp³-hybridized carbons (Fsp3) is 0.481. The minimum atomic E-state index is -0.902. The van der Waals surface area contributed by atoms with Gasteiger partial charge in [0.05, 0.1) is 6.61 Å². The monoisotopic (exact) mass is 483 g/mol. The summed E-state index contributed by atoms with van der Waals surface area (Å²) in [5.41, 5.74) is 0.980. The lowest BCUT2D eigenvalue weighted by atomic mass is 10.0. The highest BCUT2D eigenvalue weighted by atomic mass is 16.6. The minimum absolute atomic E-state index is 0.119. The molecule has 0 fully saturated rings. The van der Waals surface area contributed by atoms with E-state index in [9.17, 15) is 14.4 Å². The first kappa shape index (κ1) is 27.8. The van der Waals surface area contributed by atoms with E-state index >= 15 is 0 Å². The number of amides is 2. The van der Waals surface area contributed by atoms with Crippen molar-refractivity contribution in [1.29, 1.82) is 0 Å². The van der Waals surface area contributed by atoms with Gasteiger partial charge in [0.15, 0.2) is 0 Å². The van der Waals surface area contributed by atoms with Crippen LogP contribution in [0.25, 0.3) is 0 Å². The average Bonchev–Trinajstić information content (AvgIpc) is 2.78. The van der Waals surface area contributed by atoms with E-state index in [2.05, 4.69) is 15.6 Å². The Morgan fingerprint density at radius 1 is 0.943 bits per heavy atom. The highest BCUT2D eigenvalue weighted by Gasteiger charge is 2.30. The average molecular weight is 484 g/mol. The van der Waals surface area contributed by atoms with Gasteiger partial charge in [0.25, 0.3) is 0 Å². The molecule has 2 aromatic rings. The smallest absolute Gasteiger partial charge is 0.407 e. The molecule has 0 unspecified atom stereocenters. The Hall–Kier alpha value is -3.42. The Kier molecular flexibility index (Phi) is 10.7. The molecule has 190 valence electrons. The number of carbonyl (C=O) groups excluding carboxylic acids is 3. The lowest BCUT2D eigenvalue weighted by molar-refractivity contribution is -0.158. The van der Waals surface area contributed by atoms with Gasteiger partial charge < -0.3 is 20.1 Å². The van der Waals surface area contributed by atoms with Crippen LogP contribution in [0.4, 0.5) is 4.79 Å². The molecule has 0 spiro atoms. The SMILES string of the molecule is CC(C)C[C@H](NC(=O)OCCc1ccccn1)C(=O)N[C@@H](Cc1ccccc1)C(=O)OC(C)(C)C. The maximum Gasteiger partial charge on any atom is 0.407 e. The first-order chi connectivity index (χ1) is 16.5. The molecule has 2 N–H and O–H groups in total. The molecule has 0 aliphatic heterocycles. The van der Waals surface area contributed by atoms with Gasteiger partial charge in [0.1, 0.15) is 17.7 Å². The molecule has 1 aromatic heterocycles. The molecule has 0 bridgehead atoms. The van der Waals surface area contributed by atoms with Crippen molar-refractivity contribution in [3.8, 4) is 0 Å². The zero-order chi connectivity index (χ0) is 25.8. The van der Waals surface area contributed by atoms with Crippen molar-refractivity contribution < 1.29 is 23.9 Å². The van der Waals surface area contributed by atoms with E-state index in [1.165, 1.54) is 0 Å². The van der Waals surface area contributed by atoms with E-state index in [0.29, 0.717) is 12.8 Å². The number of ether oxygens (including phenoxy) is 2. The highest BCUT2D eigenvalue weighted by Crippen LogP contribution is 2.13. The number of carbonyl (C=O) groups is 3.